The molecule has 0 fully saturated rings. The Morgan fingerprint density at radius 1 is 1.30 bits per heavy atom. The van der Waals surface area contributed by atoms with E-state index >= 15 is 0 Å². The van der Waals surface area contributed by atoms with Crippen LogP contribution < -0.4 is 10.1 Å². The molecule has 1 N–H and O–H groups in total. The molecule has 112 valence electrons. The number of anilines is 1. The molecule has 0 radical (unpaired) electrons. The summed E-state index contributed by atoms with van der Waals surface area (Å²) >= 11 is 5.78. The predicted molar refractivity (Wildman–Crippen MR) is 83.6 cm³/mol. The normalized spacial score (nSPS) is 11.5. The fourth-order valence-corrected chi connectivity index (χ4v) is 1.46. The summed E-state index contributed by atoms with van der Waals surface area (Å²) in [7, 11) is 4.00. The van der Waals surface area contributed by atoms with Gasteiger partial charge in [0.2, 0.25) is 5.91 Å². The lowest BCUT2D eigenvalue weighted by molar-refractivity contribution is -0.122. The summed E-state index contributed by atoms with van der Waals surface area (Å²) in [6, 6.07) is 7.35. The molecule has 1 amide bonds. The van der Waals surface area contributed by atoms with Gasteiger partial charge in [-0.1, -0.05) is 0 Å². The summed E-state index contributed by atoms with van der Waals surface area (Å²) in [5.41, 5.74) is 0.163. The molecule has 0 bridgehead atoms. The smallest absolute Gasteiger partial charge is 0.231 e. The first-order valence-electron chi connectivity index (χ1n) is 6.60. The Bertz CT molecular complexity index is 430. The zero-order valence-electron chi connectivity index (χ0n) is 12.6. The summed E-state index contributed by atoms with van der Waals surface area (Å²) in [5.74, 6) is 0.986. The lowest BCUT2D eigenvalue weighted by Crippen LogP contribution is -2.32. The van der Waals surface area contributed by atoms with Crippen molar-refractivity contribution >= 4 is 23.2 Å². The van der Waals surface area contributed by atoms with E-state index in [0.29, 0.717) is 6.61 Å². The first kappa shape index (κ1) is 16.8. The van der Waals surface area contributed by atoms with Gasteiger partial charge in [0.05, 0.1) is 5.41 Å². The molecule has 1 rings (SSSR count). The quantitative estimate of drug-likeness (QED) is 0.787. The maximum absolute atomic E-state index is 12.0. The fraction of sp³-hybridized carbons (Fsp3) is 0.533. The van der Waals surface area contributed by atoms with Crippen LogP contribution in [0.15, 0.2) is 24.3 Å². The van der Waals surface area contributed by atoms with E-state index < -0.39 is 5.41 Å². The number of carbonyl (C=O) groups excluding carboxylic acids is 1. The van der Waals surface area contributed by atoms with Gasteiger partial charge in [-0.3, -0.25) is 4.79 Å². The topological polar surface area (TPSA) is 41.6 Å². The van der Waals surface area contributed by atoms with Gasteiger partial charge in [0.15, 0.2) is 0 Å². The number of amides is 1. The zero-order chi connectivity index (χ0) is 15.2. The molecule has 0 aliphatic rings. The van der Waals surface area contributed by atoms with Crippen molar-refractivity contribution in [1.29, 1.82) is 0 Å². The summed E-state index contributed by atoms with van der Waals surface area (Å²) in [6.45, 7) is 5.13. The highest BCUT2D eigenvalue weighted by Crippen LogP contribution is 2.21. The summed E-state index contributed by atoms with van der Waals surface area (Å²) in [5, 5.41) is 2.85. The molecule has 20 heavy (non-hydrogen) atoms. The van der Waals surface area contributed by atoms with Crippen molar-refractivity contribution in [3.8, 4) is 5.75 Å². The van der Waals surface area contributed by atoms with E-state index in [-0.39, 0.29) is 11.8 Å². The Labute approximate surface area is 126 Å². The van der Waals surface area contributed by atoms with Crippen molar-refractivity contribution in [2.45, 2.75) is 13.8 Å². The minimum absolute atomic E-state index is 0.0891. The van der Waals surface area contributed by atoms with Crippen molar-refractivity contribution in [3.05, 3.63) is 24.3 Å². The molecule has 0 saturated heterocycles. The lowest BCUT2D eigenvalue weighted by atomic mass is 9.95. The third kappa shape index (κ3) is 5.39. The summed E-state index contributed by atoms with van der Waals surface area (Å²) in [6.07, 6.45) is 0. The van der Waals surface area contributed by atoms with Crippen LogP contribution in [0.5, 0.6) is 5.75 Å². The second-order valence-electron chi connectivity index (χ2n) is 5.65. The third-order valence-corrected chi connectivity index (χ3v) is 3.54. The fourth-order valence-electron chi connectivity index (χ4n) is 1.34. The van der Waals surface area contributed by atoms with Crippen LogP contribution in [0.2, 0.25) is 0 Å². The lowest BCUT2D eigenvalue weighted by Gasteiger charge is -2.20. The largest absolute Gasteiger partial charge is 0.492 e. The predicted octanol–water partition coefficient (Wildman–Crippen LogP) is 2.83. The molecular formula is C15H23ClN2O2. The summed E-state index contributed by atoms with van der Waals surface area (Å²) in [4.78, 5) is 14.0. The molecule has 4 nitrogen and oxygen atoms in total. The van der Waals surface area contributed by atoms with Crippen molar-refractivity contribution in [2.24, 2.45) is 5.41 Å². The highest BCUT2D eigenvalue weighted by molar-refractivity contribution is 6.20. The molecule has 0 aliphatic heterocycles. The number of likely N-dealkylation sites (N-methyl/N-ethyl adjacent to an activating group) is 1. The SMILES string of the molecule is CN(C)CCOc1ccc(NC(=O)C(C)(C)CCl)cc1. The number of nitrogens with one attached hydrogen (secondary N) is 1. The number of hydrogen-bond donors (Lipinski definition) is 1. The number of rotatable bonds is 7. The van der Waals surface area contributed by atoms with E-state index in [2.05, 4.69) is 10.2 Å². The van der Waals surface area contributed by atoms with Gasteiger partial charge in [0.25, 0.3) is 0 Å². The van der Waals surface area contributed by atoms with E-state index in [1.165, 1.54) is 0 Å². The highest BCUT2D eigenvalue weighted by Gasteiger charge is 2.26. The van der Waals surface area contributed by atoms with Gasteiger partial charge in [0.1, 0.15) is 12.4 Å². The molecule has 0 atom stereocenters. The van der Waals surface area contributed by atoms with Crippen LogP contribution in [0, 0.1) is 5.41 Å². The molecule has 0 spiro atoms. The minimum Gasteiger partial charge on any atom is -0.492 e. The maximum Gasteiger partial charge on any atom is 0.231 e. The molecule has 0 aliphatic carbocycles. The molecule has 1 aromatic rings. The van der Waals surface area contributed by atoms with Crippen LogP contribution in [0.3, 0.4) is 0 Å². The van der Waals surface area contributed by atoms with Gasteiger partial charge in [-0.15, -0.1) is 11.6 Å². The van der Waals surface area contributed by atoms with Crippen LogP contribution in [0.25, 0.3) is 0 Å². The van der Waals surface area contributed by atoms with E-state index in [4.69, 9.17) is 16.3 Å². The van der Waals surface area contributed by atoms with Gasteiger partial charge >= 0.3 is 0 Å². The van der Waals surface area contributed by atoms with Gasteiger partial charge in [-0.05, 0) is 52.2 Å². The van der Waals surface area contributed by atoms with E-state index in [1.54, 1.807) is 0 Å². The van der Waals surface area contributed by atoms with Crippen molar-refractivity contribution in [2.75, 3.05) is 38.4 Å². The average molecular weight is 299 g/mol. The van der Waals surface area contributed by atoms with E-state index in [1.807, 2.05) is 52.2 Å². The number of nitrogens with zero attached hydrogens (tertiary/aromatic N) is 1. The Hall–Kier alpha value is -1.26. The van der Waals surface area contributed by atoms with Crippen LogP contribution in [-0.2, 0) is 4.79 Å². The van der Waals surface area contributed by atoms with Crippen molar-refractivity contribution < 1.29 is 9.53 Å². The van der Waals surface area contributed by atoms with Gasteiger partial charge in [-0.2, -0.15) is 0 Å². The Morgan fingerprint density at radius 3 is 2.40 bits per heavy atom. The standard InChI is InChI=1S/C15H23ClN2O2/c1-15(2,11-16)14(19)17-12-5-7-13(8-6-12)20-10-9-18(3)4/h5-8H,9-11H2,1-4H3,(H,17,19). The van der Waals surface area contributed by atoms with E-state index in [0.717, 1.165) is 18.0 Å². The van der Waals surface area contributed by atoms with Crippen molar-refractivity contribution in [1.82, 2.24) is 4.90 Å². The van der Waals surface area contributed by atoms with Crippen LogP contribution in [-0.4, -0.2) is 43.9 Å². The van der Waals surface area contributed by atoms with E-state index in [9.17, 15) is 4.79 Å². The minimum atomic E-state index is -0.581. The van der Waals surface area contributed by atoms with Gasteiger partial charge in [-0.25, -0.2) is 0 Å². The van der Waals surface area contributed by atoms with Gasteiger partial charge < -0.3 is 15.0 Å². The molecule has 5 heteroatoms. The molecular weight excluding hydrogens is 276 g/mol. The van der Waals surface area contributed by atoms with Crippen molar-refractivity contribution in [3.63, 3.8) is 0 Å². The van der Waals surface area contributed by atoms with Crippen LogP contribution >= 0.6 is 11.6 Å². The Kier molecular flexibility index (Phi) is 6.30. The third-order valence-electron chi connectivity index (χ3n) is 2.87. The first-order valence-corrected chi connectivity index (χ1v) is 7.13. The molecule has 1 aromatic carbocycles. The molecule has 0 saturated carbocycles. The number of ether oxygens (including phenoxy) is 1. The van der Waals surface area contributed by atoms with Crippen LogP contribution in [0.1, 0.15) is 13.8 Å². The first-order chi connectivity index (χ1) is 9.35. The monoisotopic (exact) mass is 298 g/mol. The number of benzene rings is 1. The Morgan fingerprint density at radius 2 is 1.90 bits per heavy atom. The second-order valence-corrected chi connectivity index (χ2v) is 5.92. The average Bonchev–Trinajstić information content (AvgIpc) is 2.40. The number of carbonyl (C=O) groups is 1. The second kappa shape index (κ2) is 7.50. The zero-order valence-corrected chi connectivity index (χ0v) is 13.3. The van der Waals surface area contributed by atoms with Crippen LogP contribution in [0.4, 0.5) is 5.69 Å². The van der Waals surface area contributed by atoms with Gasteiger partial charge in [0, 0.05) is 18.1 Å². The summed E-state index contributed by atoms with van der Waals surface area (Å²) < 4.78 is 5.59. The Balaban J connectivity index is 2.52. The number of alkyl halides is 1. The molecule has 0 heterocycles. The molecule has 0 unspecified atom stereocenters. The highest BCUT2D eigenvalue weighted by atomic mass is 35.5. The number of halogens is 1. The molecule has 0 aromatic heterocycles. The number of hydrogen-bond acceptors (Lipinski definition) is 3. The maximum atomic E-state index is 12.0.